The number of halogens is 2. The molecule has 88 valence electrons. The summed E-state index contributed by atoms with van der Waals surface area (Å²) in [6.07, 6.45) is 0.134. The molecule has 1 aromatic rings. The van der Waals surface area contributed by atoms with Crippen molar-refractivity contribution in [1.82, 2.24) is 0 Å². The second kappa shape index (κ2) is 6.17. The average molecular weight is 230 g/mol. The Labute approximate surface area is 92.0 Å². The van der Waals surface area contributed by atoms with E-state index in [1.807, 2.05) is 6.92 Å². The minimum absolute atomic E-state index is 0.0419. The minimum Gasteiger partial charge on any atom is -0.491 e. The van der Waals surface area contributed by atoms with Crippen LogP contribution in [-0.4, -0.2) is 26.1 Å². The van der Waals surface area contributed by atoms with E-state index >= 15 is 0 Å². The van der Waals surface area contributed by atoms with Crippen LogP contribution in [0.2, 0.25) is 0 Å². The fraction of sp³-hybridized carbons (Fsp3) is 0.364. The van der Waals surface area contributed by atoms with Crippen LogP contribution in [0.25, 0.3) is 0 Å². The van der Waals surface area contributed by atoms with Crippen LogP contribution in [0.4, 0.5) is 8.78 Å². The van der Waals surface area contributed by atoms with Gasteiger partial charge in [0.05, 0.1) is 12.2 Å². The Morgan fingerprint density at radius 3 is 2.38 bits per heavy atom. The van der Waals surface area contributed by atoms with Crippen molar-refractivity contribution >= 4 is 6.29 Å². The molecule has 0 N–H and O–H groups in total. The van der Waals surface area contributed by atoms with E-state index in [-0.39, 0.29) is 18.6 Å². The topological polar surface area (TPSA) is 35.5 Å². The van der Waals surface area contributed by atoms with Crippen molar-refractivity contribution < 1.29 is 23.0 Å². The van der Waals surface area contributed by atoms with E-state index in [2.05, 4.69) is 0 Å². The molecule has 0 saturated carbocycles. The first-order valence-electron chi connectivity index (χ1n) is 4.83. The van der Waals surface area contributed by atoms with Crippen molar-refractivity contribution in [3.05, 3.63) is 29.3 Å². The summed E-state index contributed by atoms with van der Waals surface area (Å²) in [6, 6.07) is 1.94. The monoisotopic (exact) mass is 230 g/mol. The first-order valence-corrected chi connectivity index (χ1v) is 4.83. The highest BCUT2D eigenvalue weighted by Gasteiger charge is 2.10. The zero-order valence-corrected chi connectivity index (χ0v) is 8.83. The Morgan fingerprint density at radius 2 is 1.88 bits per heavy atom. The van der Waals surface area contributed by atoms with Crippen molar-refractivity contribution in [3.8, 4) is 5.75 Å². The zero-order chi connectivity index (χ0) is 12.0. The van der Waals surface area contributed by atoms with Gasteiger partial charge in [0.2, 0.25) is 0 Å². The number of ether oxygens (including phenoxy) is 2. The Balaban J connectivity index is 2.65. The molecule has 5 heteroatoms. The number of carbonyl (C=O) groups excluding carboxylic acids is 1. The lowest BCUT2D eigenvalue weighted by molar-refractivity contribution is 0.109. The van der Waals surface area contributed by atoms with Gasteiger partial charge in [0, 0.05) is 18.7 Å². The van der Waals surface area contributed by atoms with Crippen molar-refractivity contribution in [1.29, 1.82) is 0 Å². The molecule has 0 aromatic heterocycles. The molecular weight excluding hydrogens is 218 g/mol. The quantitative estimate of drug-likeness (QED) is 0.555. The van der Waals surface area contributed by atoms with Crippen LogP contribution in [0.3, 0.4) is 0 Å². The number of carbonyl (C=O) groups is 1. The molecule has 0 aliphatic heterocycles. The molecule has 0 bridgehead atoms. The summed E-state index contributed by atoms with van der Waals surface area (Å²) in [4.78, 5) is 10.3. The maximum absolute atomic E-state index is 13.1. The third-order valence-corrected chi connectivity index (χ3v) is 1.87. The minimum atomic E-state index is -0.929. The van der Waals surface area contributed by atoms with Gasteiger partial charge in [-0.15, -0.1) is 0 Å². The molecule has 0 saturated heterocycles. The third-order valence-electron chi connectivity index (χ3n) is 1.87. The zero-order valence-electron chi connectivity index (χ0n) is 8.83. The summed E-state index contributed by atoms with van der Waals surface area (Å²) < 4.78 is 36.2. The average Bonchev–Trinajstić information content (AvgIpc) is 2.24. The summed E-state index contributed by atoms with van der Waals surface area (Å²) in [7, 11) is 0. The van der Waals surface area contributed by atoms with Gasteiger partial charge in [0.15, 0.2) is 6.29 Å². The summed E-state index contributed by atoms with van der Waals surface area (Å²) in [5, 5.41) is 0. The first kappa shape index (κ1) is 12.6. The maximum Gasteiger partial charge on any atom is 0.155 e. The third kappa shape index (κ3) is 3.27. The molecule has 0 radical (unpaired) electrons. The fourth-order valence-electron chi connectivity index (χ4n) is 1.12. The Hall–Kier alpha value is -1.49. The van der Waals surface area contributed by atoms with E-state index in [1.165, 1.54) is 0 Å². The summed E-state index contributed by atoms with van der Waals surface area (Å²) in [6.45, 7) is 2.93. The van der Waals surface area contributed by atoms with E-state index in [4.69, 9.17) is 9.47 Å². The van der Waals surface area contributed by atoms with Crippen molar-refractivity contribution in [2.75, 3.05) is 19.8 Å². The molecule has 0 unspecified atom stereocenters. The van der Waals surface area contributed by atoms with Gasteiger partial charge in [-0.05, 0) is 6.92 Å². The molecule has 0 aliphatic rings. The lowest BCUT2D eigenvalue weighted by Crippen LogP contribution is -2.07. The summed E-state index contributed by atoms with van der Waals surface area (Å²) >= 11 is 0. The van der Waals surface area contributed by atoms with Gasteiger partial charge >= 0.3 is 0 Å². The summed E-state index contributed by atoms with van der Waals surface area (Å²) in [5.74, 6) is -1.82. The van der Waals surface area contributed by atoms with Crippen LogP contribution in [0.5, 0.6) is 5.75 Å². The maximum atomic E-state index is 13.1. The Morgan fingerprint density at radius 1 is 1.25 bits per heavy atom. The lowest BCUT2D eigenvalue weighted by atomic mass is 10.2. The fourth-order valence-corrected chi connectivity index (χ4v) is 1.12. The predicted molar refractivity (Wildman–Crippen MR) is 53.7 cm³/mol. The van der Waals surface area contributed by atoms with Crippen LogP contribution in [0.1, 0.15) is 17.3 Å². The van der Waals surface area contributed by atoms with Crippen molar-refractivity contribution in [2.45, 2.75) is 6.92 Å². The standard InChI is InChI=1S/C11H12F2O3/c1-2-15-3-4-16-8-5-10(12)9(7-14)11(13)6-8/h5-7H,2-4H2,1H3. The van der Waals surface area contributed by atoms with E-state index in [9.17, 15) is 13.6 Å². The van der Waals surface area contributed by atoms with Crippen molar-refractivity contribution in [2.24, 2.45) is 0 Å². The highest BCUT2D eigenvalue weighted by molar-refractivity contribution is 5.75. The predicted octanol–water partition coefficient (Wildman–Crippen LogP) is 2.19. The van der Waals surface area contributed by atoms with Crippen LogP contribution in [0.15, 0.2) is 12.1 Å². The van der Waals surface area contributed by atoms with Gasteiger partial charge in [0.1, 0.15) is 24.0 Å². The molecule has 0 spiro atoms. The van der Waals surface area contributed by atoms with Gasteiger partial charge < -0.3 is 9.47 Å². The van der Waals surface area contributed by atoms with Crippen molar-refractivity contribution in [3.63, 3.8) is 0 Å². The lowest BCUT2D eigenvalue weighted by Gasteiger charge is -2.07. The van der Waals surface area contributed by atoms with Gasteiger partial charge in [-0.3, -0.25) is 4.79 Å². The Bertz CT molecular complexity index is 343. The molecule has 0 fully saturated rings. The molecular formula is C11H12F2O3. The number of rotatable bonds is 6. The highest BCUT2D eigenvalue weighted by Crippen LogP contribution is 2.19. The van der Waals surface area contributed by atoms with Gasteiger partial charge in [0.25, 0.3) is 0 Å². The highest BCUT2D eigenvalue weighted by atomic mass is 19.1. The smallest absolute Gasteiger partial charge is 0.155 e. The molecule has 0 aliphatic carbocycles. The molecule has 0 atom stereocenters. The Kier molecular flexibility index (Phi) is 4.85. The van der Waals surface area contributed by atoms with Gasteiger partial charge in [-0.25, -0.2) is 8.78 Å². The second-order valence-corrected chi connectivity index (χ2v) is 2.96. The van der Waals surface area contributed by atoms with Crippen LogP contribution in [0, 0.1) is 11.6 Å². The normalized spacial score (nSPS) is 10.2. The van der Waals surface area contributed by atoms with Crippen LogP contribution < -0.4 is 4.74 Å². The molecule has 0 heterocycles. The van der Waals surface area contributed by atoms with Gasteiger partial charge in [-0.1, -0.05) is 0 Å². The van der Waals surface area contributed by atoms with Crippen LogP contribution >= 0.6 is 0 Å². The van der Waals surface area contributed by atoms with Gasteiger partial charge in [-0.2, -0.15) is 0 Å². The first-order chi connectivity index (χ1) is 7.69. The SMILES string of the molecule is CCOCCOc1cc(F)c(C=O)c(F)c1. The number of hydrogen-bond acceptors (Lipinski definition) is 3. The number of aldehydes is 1. The van der Waals surface area contributed by atoms with E-state index < -0.39 is 17.2 Å². The second-order valence-electron chi connectivity index (χ2n) is 2.96. The molecule has 3 nitrogen and oxygen atoms in total. The number of hydrogen-bond donors (Lipinski definition) is 0. The largest absolute Gasteiger partial charge is 0.491 e. The van der Waals surface area contributed by atoms with E-state index in [0.29, 0.717) is 13.2 Å². The van der Waals surface area contributed by atoms with E-state index in [0.717, 1.165) is 12.1 Å². The number of benzene rings is 1. The molecule has 0 amide bonds. The molecule has 1 rings (SSSR count). The summed E-state index contributed by atoms with van der Waals surface area (Å²) in [5.41, 5.74) is -0.586. The molecule has 16 heavy (non-hydrogen) atoms. The van der Waals surface area contributed by atoms with E-state index in [1.54, 1.807) is 0 Å². The van der Waals surface area contributed by atoms with Crippen LogP contribution in [-0.2, 0) is 4.74 Å². The molecule has 1 aromatic carbocycles.